The number of nitrogens with zero attached hydrogens (tertiary/aromatic N) is 2. The SMILES string of the molecule is O=[n+]1ncccs1. The predicted octanol–water partition coefficient (Wildman–Crippen LogP) is 0.0576. The van der Waals surface area contributed by atoms with Crippen LogP contribution in [0.15, 0.2) is 17.6 Å². The second-order valence-corrected chi connectivity index (χ2v) is 1.73. The summed E-state index contributed by atoms with van der Waals surface area (Å²) in [7, 11) is 0. The van der Waals surface area contributed by atoms with Gasteiger partial charge < -0.3 is 0 Å². The van der Waals surface area contributed by atoms with Crippen molar-refractivity contribution in [2.75, 3.05) is 0 Å². The van der Waals surface area contributed by atoms with Gasteiger partial charge in [0.05, 0.1) is 15.4 Å². The quantitative estimate of drug-likeness (QED) is 0.448. The van der Waals surface area contributed by atoms with Crippen molar-refractivity contribution in [1.29, 1.82) is 0 Å². The molecule has 0 fully saturated rings. The van der Waals surface area contributed by atoms with Crippen LogP contribution in [0.5, 0.6) is 0 Å². The fourth-order valence-corrected chi connectivity index (χ4v) is 0.596. The van der Waals surface area contributed by atoms with E-state index in [0.717, 1.165) is 11.5 Å². The molecular weight excluding hydrogens is 112 g/mol. The van der Waals surface area contributed by atoms with Gasteiger partial charge in [0.2, 0.25) is 11.5 Å². The monoisotopic (exact) mass is 115 g/mol. The lowest BCUT2D eigenvalue weighted by Gasteiger charge is -1.57. The van der Waals surface area contributed by atoms with Crippen LogP contribution in [-0.4, -0.2) is 5.10 Å². The van der Waals surface area contributed by atoms with E-state index in [1.54, 1.807) is 11.4 Å². The summed E-state index contributed by atoms with van der Waals surface area (Å²) in [5.41, 5.74) is 0. The van der Waals surface area contributed by atoms with Crippen LogP contribution >= 0.6 is 11.5 Å². The first-order chi connectivity index (χ1) is 3.39. The standard InChI is InChI=1S/C3H3N2OS/c6-5-4-2-1-3-7-5/h1-3H/q+1. The van der Waals surface area contributed by atoms with Crippen molar-refractivity contribution in [2.24, 2.45) is 0 Å². The molecule has 0 aliphatic carbocycles. The molecular formula is C3H3N2OS+. The molecule has 1 aromatic heterocycles. The van der Waals surface area contributed by atoms with E-state index in [1.165, 1.54) is 6.20 Å². The van der Waals surface area contributed by atoms with Gasteiger partial charge in [-0.25, -0.2) is 0 Å². The average molecular weight is 115 g/mol. The van der Waals surface area contributed by atoms with Crippen LogP contribution in [0.4, 0.5) is 0 Å². The lowest BCUT2D eigenvalue weighted by Crippen LogP contribution is -2.11. The molecule has 4 heteroatoms. The maximum atomic E-state index is 10.1. The van der Waals surface area contributed by atoms with Gasteiger partial charge in [-0.05, 0) is 6.07 Å². The van der Waals surface area contributed by atoms with Crippen molar-refractivity contribution in [3.63, 3.8) is 0 Å². The van der Waals surface area contributed by atoms with Crippen LogP contribution in [0.3, 0.4) is 0 Å². The van der Waals surface area contributed by atoms with Gasteiger partial charge in [0, 0.05) is 0 Å². The lowest BCUT2D eigenvalue weighted by atomic mass is 10.8. The summed E-state index contributed by atoms with van der Waals surface area (Å²) in [5.74, 6) is 0. The third-order valence-electron chi connectivity index (χ3n) is 0.477. The third kappa shape index (κ3) is 1.04. The summed E-state index contributed by atoms with van der Waals surface area (Å²) >= 11 is 1.02. The van der Waals surface area contributed by atoms with E-state index in [2.05, 4.69) is 5.10 Å². The van der Waals surface area contributed by atoms with E-state index >= 15 is 0 Å². The first-order valence-corrected chi connectivity index (χ1v) is 2.56. The zero-order chi connectivity index (χ0) is 5.11. The Bertz CT molecular complexity index is 179. The van der Waals surface area contributed by atoms with Crippen LogP contribution in [0.1, 0.15) is 0 Å². The molecule has 3 nitrogen and oxygen atoms in total. The Balaban J connectivity index is 3.28. The highest BCUT2D eigenvalue weighted by Gasteiger charge is 1.83. The Morgan fingerprint density at radius 3 is 2.86 bits per heavy atom. The molecule has 0 amide bonds. The van der Waals surface area contributed by atoms with E-state index in [0.29, 0.717) is 3.93 Å². The molecule has 0 bridgehead atoms. The van der Waals surface area contributed by atoms with Gasteiger partial charge in [0.1, 0.15) is 6.20 Å². The Morgan fingerprint density at radius 1 is 1.71 bits per heavy atom. The zero-order valence-corrected chi connectivity index (χ0v) is 4.26. The summed E-state index contributed by atoms with van der Waals surface area (Å²) in [6, 6.07) is 1.71. The normalized spacial score (nSPS) is 8.57. The van der Waals surface area contributed by atoms with Gasteiger partial charge in [-0.1, -0.05) is 0 Å². The summed E-state index contributed by atoms with van der Waals surface area (Å²) < 4.78 is 0.542. The highest BCUT2D eigenvalue weighted by Crippen LogP contribution is 1.75. The highest BCUT2D eigenvalue weighted by atomic mass is 32.1. The van der Waals surface area contributed by atoms with Gasteiger partial charge in [0.25, 0.3) is 3.93 Å². The van der Waals surface area contributed by atoms with E-state index in [4.69, 9.17) is 0 Å². The summed E-state index contributed by atoms with van der Waals surface area (Å²) in [5, 5.41) is 5.03. The van der Waals surface area contributed by atoms with Crippen molar-refractivity contribution in [1.82, 2.24) is 5.10 Å². The van der Waals surface area contributed by atoms with Gasteiger partial charge in [-0.2, -0.15) is 0 Å². The topological polar surface area (TPSA) is 35.9 Å². The van der Waals surface area contributed by atoms with Crippen molar-refractivity contribution < 1.29 is 3.93 Å². The number of hydrogen-bond donors (Lipinski definition) is 0. The van der Waals surface area contributed by atoms with Gasteiger partial charge >= 0.3 is 0 Å². The van der Waals surface area contributed by atoms with Crippen LogP contribution in [0.2, 0.25) is 0 Å². The Morgan fingerprint density at radius 2 is 2.57 bits per heavy atom. The Kier molecular flexibility index (Phi) is 1.12. The minimum absolute atomic E-state index is 0.542. The Labute approximate surface area is 44.0 Å². The molecule has 0 radical (unpaired) electrons. The molecule has 0 unspecified atom stereocenters. The van der Waals surface area contributed by atoms with Crippen LogP contribution in [0.25, 0.3) is 0 Å². The molecule has 36 valence electrons. The van der Waals surface area contributed by atoms with Crippen molar-refractivity contribution >= 4 is 11.5 Å². The van der Waals surface area contributed by atoms with Crippen molar-refractivity contribution in [3.8, 4) is 0 Å². The third-order valence-corrected chi connectivity index (χ3v) is 1.03. The molecule has 1 heterocycles. The highest BCUT2D eigenvalue weighted by molar-refractivity contribution is 6.99. The molecule has 0 saturated carbocycles. The van der Waals surface area contributed by atoms with Crippen LogP contribution in [-0.2, 0) is 0 Å². The zero-order valence-electron chi connectivity index (χ0n) is 3.44. The molecule has 0 spiro atoms. The van der Waals surface area contributed by atoms with Crippen molar-refractivity contribution in [2.45, 2.75) is 0 Å². The molecule has 0 aromatic carbocycles. The maximum Gasteiger partial charge on any atom is 0.252 e. The molecule has 0 saturated heterocycles. The summed E-state index contributed by atoms with van der Waals surface area (Å²) in [6.45, 7) is 0. The molecule has 1 aromatic rings. The predicted molar refractivity (Wildman–Crippen MR) is 25.5 cm³/mol. The molecule has 1 rings (SSSR count). The fraction of sp³-hybridized carbons (Fsp3) is 0. The molecule has 0 aliphatic heterocycles. The lowest BCUT2D eigenvalue weighted by molar-refractivity contribution is -0.491. The number of hydrogen-bond acceptors (Lipinski definition) is 3. The van der Waals surface area contributed by atoms with Gasteiger partial charge in [-0.3, -0.25) is 0 Å². The van der Waals surface area contributed by atoms with Gasteiger partial charge in [-0.15, -0.1) is 0 Å². The van der Waals surface area contributed by atoms with Crippen molar-refractivity contribution in [3.05, 3.63) is 22.6 Å². The second-order valence-electron chi connectivity index (χ2n) is 0.936. The largest absolute Gasteiger partial charge is 0.252 e. The van der Waals surface area contributed by atoms with E-state index in [9.17, 15) is 4.91 Å². The number of aromatic nitrogens is 2. The molecule has 0 N–H and O–H groups in total. The van der Waals surface area contributed by atoms with E-state index in [1.807, 2.05) is 0 Å². The number of rotatable bonds is 0. The first-order valence-electron chi connectivity index (χ1n) is 1.73. The summed E-state index contributed by atoms with van der Waals surface area (Å²) in [4.78, 5) is 10.1. The van der Waals surface area contributed by atoms with E-state index in [-0.39, 0.29) is 0 Å². The maximum absolute atomic E-state index is 10.1. The van der Waals surface area contributed by atoms with Gasteiger partial charge in [0.15, 0.2) is 0 Å². The summed E-state index contributed by atoms with van der Waals surface area (Å²) in [6.07, 6.45) is 1.45. The van der Waals surface area contributed by atoms with Crippen LogP contribution in [0, 0.1) is 4.91 Å². The molecule has 0 atom stereocenters. The smallest absolute Gasteiger partial charge is 0.0216 e. The van der Waals surface area contributed by atoms with Crippen LogP contribution < -0.4 is 3.93 Å². The molecule has 7 heavy (non-hydrogen) atoms. The minimum Gasteiger partial charge on any atom is -0.0216 e. The first kappa shape index (κ1) is 4.39. The fourth-order valence-electron chi connectivity index (χ4n) is 0.242. The molecule has 0 aliphatic rings. The second kappa shape index (κ2) is 1.79. The van der Waals surface area contributed by atoms with E-state index < -0.39 is 0 Å². The minimum atomic E-state index is 0.542. The Hall–Kier alpha value is -0.770. The average Bonchev–Trinajstić information content (AvgIpc) is 1.69.